The number of piperidine rings is 1. The van der Waals surface area contributed by atoms with Crippen molar-refractivity contribution >= 4 is 39.1 Å². The minimum atomic E-state index is -0.184. The van der Waals surface area contributed by atoms with Crippen molar-refractivity contribution in [2.75, 3.05) is 23.3 Å². The van der Waals surface area contributed by atoms with E-state index in [-0.39, 0.29) is 6.10 Å². The molecule has 204 valence electrons. The van der Waals surface area contributed by atoms with Crippen LogP contribution in [-0.4, -0.2) is 43.8 Å². The first kappa shape index (κ1) is 24.8. The summed E-state index contributed by atoms with van der Waals surface area (Å²) in [6.45, 7) is 1.74. The molecular formula is C32H34N6O2. The summed E-state index contributed by atoms with van der Waals surface area (Å²) in [6, 6.07) is 23.3. The quantitative estimate of drug-likeness (QED) is 0.243. The Balaban J connectivity index is 1.23. The van der Waals surface area contributed by atoms with Crippen molar-refractivity contribution in [3.05, 3.63) is 73.1 Å². The van der Waals surface area contributed by atoms with Gasteiger partial charge in [-0.25, -0.2) is 4.98 Å². The largest absolute Gasteiger partial charge is 0.424 e. The Morgan fingerprint density at radius 1 is 0.825 bits per heavy atom. The fraction of sp³-hybridized carbons (Fsp3) is 0.344. The minimum Gasteiger partial charge on any atom is -0.424 e. The van der Waals surface area contributed by atoms with Crippen LogP contribution in [0.4, 0.5) is 17.2 Å². The average Bonchev–Trinajstić information content (AvgIpc) is 3.43. The SMILES string of the molecule is OC1CCN(c2ccc(Nc3nc(Oc4cccc5ccccc45)nc4c3ncn4C3CCCCC3)cc2)CC1. The molecule has 2 aromatic heterocycles. The van der Waals surface area contributed by atoms with Gasteiger partial charge >= 0.3 is 6.01 Å². The van der Waals surface area contributed by atoms with E-state index in [0.717, 1.165) is 77.8 Å². The highest BCUT2D eigenvalue weighted by atomic mass is 16.5. The molecule has 8 heteroatoms. The van der Waals surface area contributed by atoms with Crippen LogP contribution >= 0.6 is 0 Å². The maximum absolute atomic E-state index is 9.85. The number of imidazole rings is 1. The summed E-state index contributed by atoms with van der Waals surface area (Å²) in [5.74, 6) is 1.35. The van der Waals surface area contributed by atoms with Gasteiger partial charge in [0.25, 0.3) is 0 Å². The standard InChI is InChI=1S/C32H34N6O2/c39-26-17-19-37(20-18-26)24-15-13-23(14-16-24)34-30-29-31(38(21-33-29)25-9-2-1-3-10-25)36-32(35-30)40-28-12-6-8-22-7-4-5-11-27(22)28/h4-8,11-16,21,25-26,39H,1-3,9-10,17-20H2,(H,34,35,36). The number of hydrogen-bond donors (Lipinski definition) is 2. The van der Waals surface area contributed by atoms with Crippen molar-refractivity contribution in [1.82, 2.24) is 19.5 Å². The predicted molar refractivity (Wildman–Crippen MR) is 159 cm³/mol. The molecule has 2 N–H and O–H groups in total. The van der Waals surface area contributed by atoms with E-state index in [9.17, 15) is 5.11 Å². The van der Waals surface area contributed by atoms with Crippen molar-refractivity contribution in [2.45, 2.75) is 57.1 Å². The van der Waals surface area contributed by atoms with Crippen LogP contribution in [0.2, 0.25) is 0 Å². The molecule has 7 rings (SSSR count). The van der Waals surface area contributed by atoms with Crippen LogP contribution in [0, 0.1) is 0 Å². The van der Waals surface area contributed by atoms with Crippen LogP contribution in [0.1, 0.15) is 51.0 Å². The number of benzene rings is 3. The molecule has 0 atom stereocenters. The summed E-state index contributed by atoms with van der Waals surface area (Å²) in [7, 11) is 0. The lowest BCUT2D eigenvalue weighted by Gasteiger charge is -2.31. The summed E-state index contributed by atoms with van der Waals surface area (Å²) in [6.07, 6.45) is 9.34. The topological polar surface area (TPSA) is 88.3 Å². The van der Waals surface area contributed by atoms with Gasteiger partial charge in [0, 0.05) is 35.9 Å². The number of rotatable bonds is 6. The number of aliphatic hydroxyl groups excluding tert-OH is 1. The van der Waals surface area contributed by atoms with Crippen LogP contribution in [0.5, 0.6) is 11.8 Å². The van der Waals surface area contributed by atoms with E-state index in [1.165, 1.54) is 19.3 Å². The van der Waals surface area contributed by atoms with Gasteiger partial charge in [-0.15, -0.1) is 0 Å². The van der Waals surface area contributed by atoms with Crippen LogP contribution in [0.25, 0.3) is 21.9 Å². The molecule has 0 spiro atoms. The van der Waals surface area contributed by atoms with Gasteiger partial charge in [0.2, 0.25) is 0 Å². The molecule has 1 aliphatic carbocycles. The van der Waals surface area contributed by atoms with Gasteiger partial charge in [-0.3, -0.25) is 0 Å². The number of hydrogen-bond acceptors (Lipinski definition) is 7. The van der Waals surface area contributed by atoms with Gasteiger partial charge in [-0.1, -0.05) is 55.7 Å². The smallest absolute Gasteiger partial charge is 0.326 e. The van der Waals surface area contributed by atoms with E-state index in [0.29, 0.717) is 17.9 Å². The first-order chi connectivity index (χ1) is 19.7. The molecule has 0 unspecified atom stereocenters. The third kappa shape index (κ3) is 4.95. The van der Waals surface area contributed by atoms with E-state index in [1.54, 1.807) is 0 Å². The lowest BCUT2D eigenvalue weighted by atomic mass is 9.95. The highest BCUT2D eigenvalue weighted by Gasteiger charge is 2.22. The van der Waals surface area contributed by atoms with E-state index in [4.69, 9.17) is 19.7 Å². The van der Waals surface area contributed by atoms with E-state index in [2.05, 4.69) is 57.2 Å². The van der Waals surface area contributed by atoms with Crippen LogP contribution in [0.3, 0.4) is 0 Å². The molecule has 2 fully saturated rings. The number of nitrogens with one attached hydrogen (secondary N) is 1. The molecule has 5 aromatic rings. The Kier molecular flexibility index (Phi) is 6.69. The molecule has 0 bridgehead atoms. The molecule has 1 saturated heterocycles. The Morgan fingerprint density at radius 2 is 1.60 bits per heavy atom. The highest BCUT2D eigenvalue weighted by molar-refractivity contribution is 5.89. The number of anilines is 3. The fourth-order valence-electron chi connectivity index (χ4n) is 6.06. The van der Waals surface area contributed by atoms with Crippen LogP contribution in [-0.2, 0) is 0 Å². The third-order valence-electron chi connectivity index (χ3n) is 8.28. The Morgan fingerprint density at radius 3 is 2.42 bits per heavy atom. The van der Waals surface area contributed by atoms with Crippen molar-refractivity contribution in [3.63, 3.8) is 0 Å². The van der Waals surface area contributed by atoms with Gasteiger partial charge in [-0.2, -0.15) is 9.97 Å². The molecule has 0 radical (unpaired) electrons. The zero-order valence-corrected chi connectivity index (χ0v) is 22.5. The molecule has 0 amide bonds. The summed E-state index contributed by atoms with van der Waals surface area (Å²) in [4.78, 5) is 16.8. The maximum Gasteiger partial charge on any atom is 0.326 e. The monoisotopic (exact) mass is 534 g/mol. The summed E-state index contributed by atoms with van der Waals surface area (Å²) in [5, 5.41) is 15.5. The summed E-state index contributed by atoms with van der Waals surface area (Å²) >= 11 is 0. The van der Waals surface area contributed by atoms with Gasteiger partial charge < -0.3 is 24.6 Å². The Hall–Kier alpha value is -4.17. The Bertz CT molecular complexity index is 1610. The van der Waals surface area contributed by atoms with Crippen molar-refractivity contribution in [3.8, 4) is 11.8 Å². The lowest BCUT2D eigenvalue weighted by molar-refractivity contribution is 0.145. The van der Waals surface area contributed by atoms with E-state index in [1.807, 2.05) is 30.6 Å². The van der Waals surface area contributed by atoms with Gasteiger partial charge in [-0.05, 0) is 61.4 Å². The Labute approximate surface area is 233 Å². The normalized spacial score (nSPS) is 17.0. The zero-order chi connectivity index (χ0) is 26.9. The number of aliphatic hydroxyl groups is 1. The first-order valence-corrected chi connectivity index (χ1v) is 14.4. The van der Waals surface area contributed by atoms with E-state index >= 15 is 0 Å². The van der Waals surface area contributed by atoms with Gasteiger partial charge in [0.15, 0.2) is 17.0 Å². The molecule has 3 aromatic carbocycles. The van der Waals surface area contributed by atoms with Crippen LogP contribution < -0.4 is 15.0 Å². The second-order valence-electron chi connectivity index (χ2n) is 10.9. The molecule has 40 heavy (non-hydrogen) atoms. The van der Waals surface area contributed by atoms with Crippen molar-refractivity contribution in [1.29, 1.82) is 0 Å². The molecule has 1 saturated carbocycles. The molecule has 2 aliphatic rings. The van der Waals surface area contributed by atoms with Gasteiger partial charge in [0.1, 0.15) is 5.75 Å². The summed E-state index contributed by atoms with van der Waals surface area (Å²) in [5.41, 5.74) is 3.61. The first-order valence-electron chi connectivity index (χ1n) is 14.4. The van der Waals surface area contributed by atoms with Crippen molar-refractivity contribution in [2.24, 2.45) is 0 Å². The second-order valence-corrected chi connectivity index (χ2v) is 10.9. The maximum atomic E-state index is 9.85. The van der Waals surface area contributed by atoms with Crippen molar-refractivity contribution < 1.29 is 9.84 Å². The third-order valence-corrected chi connectivity index (χ3v) is 8.28. The fourth-order valence-corrected chi connectivity index (χ4v) is 6.06. The highest BCUT2D eigenvalue weighted by Crippen LogP contribution is 2.35. The molecule has 3 heterocycles. The number of fused-ring (bicyclic) bond motifs is 2. The lowest BCUT2D eigenvalue weighted by Crippen LogP contribution is -2.35. The molecule has 1 aliphatic heterocycles. The summed E-state index contributed by atoms with van der Waals surface area (Å²) < 4.78 is 8.58. The minimum absolute atomic E-state index is 0.184. The average molecular weight is 535 g/mol. The van der Waals surface area contributed by atoms with Crippen LogP contribution in [0.15, 0.2) is 73.1 Å². The molecular weight excluding hydrogens is 500 g/mol. The number of ether oxygens (including phenoxy) is 1. The number of nitrogens with zero attached hydrogens (tertiary/aromatic N) is 5. The second kappa shape index (κ2) is 10.8. The molecule has 8 nitrogen and oxygen atoms in total. The van der Waals surface area contributed by atoms with Gasteiger partial charge in [0.05, 0.1) is 12.4 Å². The predicted octanol–water partition coefficient (Wildman–Crippen LogP) is 6.98. The zero-order valence-electron chi connectivity index (χ0n) is 22.5. The number of aromatic nitrogens is 4. The van der Waals surface area contributed by atoms with E-state index < -0.39 is 0 Å².